The maximum Gasteiger partial charge on any atom is 0.248 e. The first-order chi connectivity index (χ1) is 12.5. The van der Waals surface area contributed by atoms with Crippen LogP contribution in [-0.4, -0.2) is 25.7 Å². The number of hydrogen-bond donors (Lipinski definition) is 2. The number of nitrogens with two attached hydrogens (primary N) is 1. The molecule has 0 spiro atoms. The van der Waals surface area contributed by atoms with Crippen molar-refractivity contribution in [2.24, 2.45) is 5.73 Å². The summed E-state index contributed by atoms with van der Waals surface area (Å²) in [4.78, 5) is 20.7. The maximum absolute atomic E-state index is 12.1. The quantitative estimate of drug-likeness (QED) is 0.742. The van der Waals surface area contributed by atoms with Gasteiger partial charge in [-0.3, -0.25) is 9.78 Å². The zero-order valence-corrected chi connectivity index (χ0v) is 14.6. The molecular weight excluding hydrogens is 352 g/mol. The number of carbonyl (C=O) groups excluding carboxylic acids is 1. The highest BCUT2D eigenvalue weighted by atomic mass is 35.5. The first kappa shape index (κ1) is 16.3. The summed E-state index contributed by atoms with van der Waals surface area (Å²) in [6, 6.07) is 10.5. The van der Waals surface area contributed by atoms with Crippen molar-refractivity contribution < 1.29 is 4.79 Å². The third-order valence-corrected chi connectivity index (χ3v) is 4.46. The number of nitrogens with one attached hydrogen (secondary N) is 1. The zero-order chi connectivity index (χ0) is 18.3. The molecule has 1 aromatic carbocycles. The molecule has 1 unspecified atom stereocenters. The van der Waals surface area contributed by atoms with Crippen molar-refractivity contribution in [3.05, 3.63) is 70.6 Å². The molecule has 0 saturated heterocycles. The van der Waals surface area contributed by atoms with Crippen LogP contribution in [0.4, 0.5) is 5.95 Å². The van der Waals surface area contributed by atoms with Gasteiger partial charge in [0.1, 0.15) is 6.04 Å². The molecule has 1 aliphatic heterocycles. The lowest BCUT2D eigenvalue weighted by molar-refractivity contribution is -0.115. The smallest absolute Gasteiger partial charge is 0.248 e. The molecule has 7 nitrogen and oxygen atoms in total. The van der Waals surface area contributed by atoms with E-state index in [1.807, 2.05) is 24.3 Å². The van der Waals surface area contributed by atoms with Crippen LogP contribution >= 0.6 is 11.6 Å². The number of amides is 1. The molecule has 4 rings (SSSR count). The number of anilines is 1. The van der Waals surface area contributed by atoms with Gasteiger partial charge in [0, 0.05) is 28.7 Å². The van der Waals surface area contributed by atoms with Gasteiger partial charge in [-0.25, -0.2) is 4.68 Å². The van der Waals surface area contributed by atoms with Crippen LogP contribution in [0.5, 0.6) is 0 Å². The number of carbonyl (C=O) groups is 1. The van der Waals surface area contributed by atoms with Crippen LogP contribution in [-0.2, 0) is 4.79 Å². The number of nitrogens with zero attached hydrogens (tertiary/aromatic N) is 4. The number of hydrogen-bond acceptors (Lipinski definition) is 5. The molecule has 3 heterocycles. The summed E-state index contributed by atoms with van der Waals surface area (Å²) >= 11 is 6.08. The fourth-order valence-corrected chi connectivity index (χ4v) is 3.26. The van der Waals surface area contributed by atoms with Gasteiger partial charge in [-0.05, 0) is 36.8 Å². The summed E-state index contributed by atoms with van der Waals surface area (Å²) in [5.74, 6) is 0.527. The van der Waals surface area contributed by atoms with Crippen molar-refractivity contribution in [3.63, 3.8) is 0 Å². The van der Waals surface area contributed by atoms with E-state index in [0.717, 1.165) is 11.1 Å². The Balaban J connectivity index is 1.89. The van der Waals surface area contributed by atoms with E-state index in [1.54, 1.807) is 36.1 Å². The highest BCUT2D eigenvalue weighted by Gasteiger charge is 2.33. The van der Waals surface area contributed by atoms with Gasteiger partial charge in [0.15, 0.2) is 5.82 Å². The van der Waals surface area contributed by atoms with Gasteiger partial charge in [-0.1, -0.05) is 23.7 Å². The highest BCUT2D eigenvalue weighted by molar-refractivity contribution is 6.30. The lowest BCUT2D eigenvalue weighted by atomic mass is 9.96. The first-order valence-electron chi connectivity index (χ1n) is 7.94. The minimum atomic E-state index is -0.512. The monoisotopic (exact) mass is 366 g/mol. The van der Waals surface area contributed by atoms with E-state index in [2.05, 4.69) is 20.4 Å². The Bertz CT molecular complexity index is 1030. The number of rotatable bonds is 3. The third kappa shape index (κ3) is 2.72. The molecule has 3 aromatic rings. The molecule has 2 aromatic heterocycles. The lowest BCUT2D eigenvalue weighted by Crippen LogP contribution is -2.31. The molecule has 0 saturated carbocycles. The standard InChI is InChI=1S/C18H15ClN6O/c1-10-14(16(20)26)15(11-5-7-21-8-6-11)25-18(22-10)23-17(24-25)12-3-2-4-13(19)9-12/h2-9,15H,1H3,(H2,20,26)(H,22,23,24). The minimum absolute atomic E-state index is 0.436. The van der Waals surface area contributed by atoms with Crippen molar-refractivity contribution in [2.45, 2.75) is 13.0 Å². The maximum atomic E-state index is 12.1. The molecule has 1 amide bonds. The van der Waals surface area contributed by atoms with E-state index in [1.165, 1.54) is 0 Å². The fraction of sp³-hybridized carbons (Fsp3) is 0.111. The number of allylic oxidation sites excluding steroid dienone is 1. The number of halogens is 1. The SMILES string of the molecule is CC1=C(C(N)=O)C(c2ccncc2)n2nc(-c3cccc(Cl)c3)nc2N1. The van der Waals surface area contributed by atoms with Gasteiger partial charge >= 0.3 is 0 Å². The van der Waals surface area contributed by atoms with Crippen LogP contribution in [0.1, 0.15) is 18.5 Å². The minimum Gasteiger partial charge on any atom is -0.366 e. The number of benzene rings is 1. The van der Waals surface area contributed by atoms with Crippen molar-refractivity contribution >= 4 is 23.5 Å². The van der Waals surface area contributed by atoms with Crippen LogP contribution in [0.2, 0.25) is 5.02 Å². The Morgan fingerprint density at radius 3 is 2.73 bits per heavy atom. The van der Waals surface area contributed by atoms with Crippen LogP contribution in [0.25, 0.3) is 11.4 Å². The Kier molecular flexibility index (Phi) is 3.93. The molecular formula is C18H15ClN6O. The third-order valence-electron chi connectivity index (χ3n) is 4.22. The molecule has 26 heavy (non-hydrogen) atoms. The molecule has 130 valence electrons. The van der Waals surface area contributed by atoms with Crippen LogP contribution in [0, 0.1) is 0 Å². The van der Waals surface area contributed by atoms with Gasteiger partial charge in [0.05, 0.1) is 5.57 Å². The van der Waals surface area contributed by atoms with Crippen molar-refractivity contribution in [1.82, 2.24) is 19.7 Å². The van der Waals surface area contributed by atoms with E-state index in [9.17, 15) is 4.79 Å². The number of fused-ring (bicyclic) bond motifs is 1. The van der Waals surface area contributed by atoms with Gasteiger partial charge in [-0.2, -0.15) is 4.98 Å². The Hall–Kier alpha value is -3.19. The first-order valence-corrected chi connectivity index (χ1v) is 8.32. The van der Waals surface area contributed by atoms with Gasteiger partial charge in [0.2, 0.25) is 11.9 Å². The fourth-order valence-electron chi connectivity index (χ4n) is 3.07. The zero-order valence-electron chi connectivity index (χ0n) is 13.8. The topological polar surface area (TPSA) is 98.7 Å². The molecule has 0 bridgehead atoms. The molecule has 1 aliphatic rings. The van der Waals surface area contributed by atoms with E-state index >= 15 is 0 Å². The average molecular weight is 367 g/mol. The molecule has 8 heteroatoms. The average Bonchev–Trinajstić information content (AvgIpc) is 3.04. The van der Waals surface area contributed by atoms with Crippen molar-refractivity contribution in [3.8, 4) is 11.4 Å². The second-order valence-electron chi connectivity index (χ2n) is 5.92. The largest absolute Gasteiger partial charge is 0.366 e. The van der Waals surface area contributed by atoms with Crippen LogP contribution in [0.3, 0.4) is 0 Å². The Labute approximate surface area is 154 Å². The Morgan fingerprint density at radius 1 is 1.27 bits per heavy atom. The van der Waals surface area contributed by atoms with E-state index in [4.69, 9.17) is 17.3 Å². The summed E-state index contributed by atoms with van der Waals surface area (Å²) in [5, 5.41) is 8.32. The summed E-state index contributed by atoms with van der Waals surface area (Å²) in [7, 11) is 0. The summed E-state index contributed by atoms with van der Waals surface area (Å²) < 4.78 is 1.67. The predicted molar refractivity (Wildman–Crippen MR) is 98.4 cm³/mol. The van der Waals surface area contributed by atoms with E-state index in [-0.39, 0.29) is 0 Å². The number of primary amides is 1. The lowest BCUT2D eigenvalue weighted by Gasteiger charge is -2.27. The molecule has 1 atom stereocenters. The summed E-state index contributed by atoms with van der Waals surface area (Å²) in [6.07, 6.45) is 3.33. The van der Waals surface area contributed by atoms with Gasteiger partial charge < -0.3 is 11.1 Å². The second-order valence-corrected chi connectivity index (χ2v) is 6.36. The van der Waals surface area contributed by atoms with Crippen molar-refractivity contribution in [1.29, 1.82) is 0 Å². The second kappa shape index (κ2) is 6.27. The Morgan fingerprint density at radius 2 is 2.04 bits per heavy atom. The highest BCUT2D eigenvalue weighted by Crippen LogP contribution is 2.35. The predicted octanol–water partition coefficient (Wildman–Crippen LogP) is 2.77. The van der Waals surface area contributed by atoms with Gasteiger partial charge in [-0.15, -0.1) is 5.10 Å². The molecule has 0 fully saturated rings. The number of aromatic nitrogens is 4. The van der Waals surface area contributed by atoms with Gasteiger partial charge in [0.25, 0.3) is 0 Å². The normalized spacial score (nSPS) is 16.2. The molecule has 3 N–H and O–H groups in total. The summed E-state index contributed by atoms with van der Waals surface area (Å²) in [5.41, 5.74) is 8.37. The molecule has 0 aliphatic carbocycles. The summed E-state index contributed by atoms with van der Waals surface area (Å²) in [6.45, 7) is 1.80. The van der Waals surface area contributed by atoms with Crippen LogP contribution in [0.15, 0.2) is 60.1 Å². The number of pyridine rings is 1. The van der Waals surface area contributed by atoms with E-state index in [0.29, 0.717) is 28.1 Å². The van der Waals surface area contributed by atoms with E-state index < -0.39 is 11.9 Å². The molecule has 0 radical (unpaired) electrons. The van der Waals surface area contributed by atoms with Crippen LogP contribution < -0.4 is 11.1 Å². The van der Waals surface area contributed by atoms with Crippen molar-refractivity contribution in [2.75, 3.05) is 5.32 Å².